The molecule has 1 aromatic rings. The van der Waals surface area contributed by atoms with Crippen LogP contribution in [0.3, 0.4) is 0 Å². The highest BCUT2D eigenvalue weighted by atomic mass is 32.2. The quantitative estimate of drug-likeness (QED) is 0.861. The lowest BCUT2D eigenvalue weighted by Crippen LogP contribution is -2.37. The Kier molecular flexibility index (Phi) is 4.39. The molecule has 1 aliphatic rings. The zero-order chi connectivity index (χ0) is 14.8. The average Bonchev–Trinajstić information content (AvgIpc) is 2.92. The van der Waals surface area contributed by atoms with Crippen molar-refractivity contribution < 1.29 is 18.3 Å². The van der Waals surface area contributed by atoms with Crippen molar-refractivity contribution in [1.29, 1.82) is 0 Å². The molecule has 110 valence electrons. The topological polar surface area (TPSA) is 96.4 Å². The molecule has 2 rings (SSSR count). The predicted molar refractivity (Wildman–Crippen MR) is 72.9 cm³/mol. The fraction of sp³-hybridized carbons (Fsp3) is 0.538. The monoisotopic (exact) mass is 298 g/mol. The number of nitrogens with one attached hydrogen (secondary N) is 1. The standard InChI is InChI=1S/C13H18N2O4S/c1-9(10-4-2-3-5-10)15-20(18,19)12-7-6-11(8-14-12)13(16)17/h6-10,15H,2-5H2,1H3,(H,16,17)/t9-/m0/s1. The van der Waals surface area contributed by atoms with Crippen molar-refractivity contribution >= 4 is 16.0 Å². The highest BCUT2D eigenvalue weighted by Crippen LogP contribution is 2.28. The third-order valence-electron chi connectivity index (χ3n) is 3.71. The number of hydrogen-bond acceptors (Lipinski definition) is 4. The van der Waals surface area contributed by atoms with Crippen LogP contribution in [0.25, 0.3) is 0 Å². The molecule has 1 heterocycles. The Bertz CT molecular complexity index is 577. The number of aromatic carboxylic acids is 1. The van der Waals surface area contributed by atoms with Gasteiger partial charge in [-0.25, -0.2) is 22.9 Å². The Morgan fingerprint density at radius 1 is 1.40 bits per heavy atom. The number of nitrogens with zero attached hydrogens (tertiary/aromatic N) is 1. The molecule has 1 aliphatic carbocycles. The molecule has 0 spiro atoms. The first-order chi connectivity index (χ1) is 9.40. The molecule has 1 aromatic heterocycles. The lowest BCUT2D eigenvalue weighted by Gasteiger charge is -2.19. The van der Waals surface area contributed by atoms with Gasteiger partial charge in [-0.15, -0.1) is 0 Å². The molecule has 2 N–H and O–H groups in total. The Hall–Kier alpha value is -1.47. The van der Waals surface area contributed by atoms with Crippen LogP contribution >= 0.6 is 0 Å². The van der Waals surface area contributed by atoms with Crippen LogP contribution < -0.4 is 4.72 Å². The molecule has 1 saturated carbocycles. The molecule has 1 fully saturated rings. The van der Waals surface area contributed by atoms with Gasteiger partial charge in [0.25, 0.3) is 10.0 Å². The molecular formula is C13H18N2O4S. The van der Waals surface area contributed by atoms with Gasteiger partial charge >= 0.3 is 5.97 Å². The van der Waals surface area contributed by atoms with Gasteiger partial charge in [0, 0.05) is 12.2 Å². The fourth-order valence-electron chi connectivity index (χ4n) is 2.52. The molecular weight excluding hydrogens is 280 g/mol. The van der Waals surface area contributed by atoms with Crippen molar-refractivity contribution in [2.75, 3.05) is 0 Å². The molecule has 0 saturated heterocycles. The normalized spacial score (nSPS) is 18.1. The molecule has 0 unspecified atom stereocenters. The van der Waals surface area contributed by atoms with E-state index < -0.39 is 16.0 Å². The van der Waals surface area contributed by atoms with Crippen LogP contribution in [0.15, 0.2) is 23.4 Å². The minimum atomic E-state index is -3.69. The highest BCUT2D eigenvalue weighted by Gasteiger charge is 2.26. The zero-order valence-corrected chi connectivity index (χ0v) is 12.1. The Balaban J connectivity index is 2.11. The number of carbonyl (C=O) groups is 1. The van der Waals surface area contributed by atoms with E-state index in [1.807, 2.05) is 6.92 Å². The summed E-state index contributed by atoms with van der Waals surface area (Å²) in [6.45, 7) is 1.86. The summed E-state index contributed by atoms with van der Waals surface area (Å²) in [5.41, 5.74) is -0.0345. The van der Waals surface area contributed by atoms with Gasteiger partial charge in [0.05, 0.1) is 5.56 Å². The fourth-order valence-corrected chi connectivity index (χ4v) is 3.77. The zero-order valence-electron chi connectivity index (χ0n) is 11.2. The summed E-state index contributed by atoms with van der Waals surface area (Å²) in [5.74, 6) is -0.767. The second kappa shape index (κ2) is 5.88. The van der Waals surface area contributed by atoms with E-state index in [2.05, 4.69) is 9.71 Å². The molecule has 6 nitrogen and oxygen atoms in total. The van der Waals surface area contributed by atoms with E-state index in [0.29, 0.717) is 5.92 Å². The molecule has 0 radical (unpaired) electrons. The van der Waals surface area contributed by atoms with Crippen LogP contribution in [-0.4, -0.2) is 30.5 Å². The van der Waals surface area contributed by atoms with E-state index in [9.17, 15) is 13.2 Å². The van der Waals surface area contributed by atoms with Crippen LogP contribution in [-0.2, 0) is 10.0 Å². The number of pyridine rings is 1. The van der Waals surface area contributed by atoms with Gasteiger partial charge in [0.15, 0.2) is 5.03 Å². The summed E-state index contributed by atoms with van der Waals surface area (Å²) in [5, 5.41) is 8.62. The lowest BCUT2D eigenvalue weighted by atomic mass is 10.0. The summed E-state index contributed by atoms with van der Waals surface area (Å²) in [7, 11) is -3.69. The molecule has 0 amide bonds. The lowest BCUT2D eigenvalue weighted by molar-refractivity contribution is 0.0696. The maximum Gasteiger partial charge on any atom is 0.337 e. The maximum atomic E-state index is 12.2. The van der Waals surface area contributed by atoms with E-state index in [-0.39, 0.29) is 16.6 Å². The van der Waals surface area contributed by atoms with E-state index in [1.165, 1.54) is 12.1 Å². The number of sulfonamides is 1. The minimum Gasteiger partial charge on any atom is -0.478 e. The van der Waals surface area contributed by atoms with E-state index >= 15 is 0 Å². The van der Waals surface area contributed by atoms with Crippen molar-refractivity contribution in [3.05, 3.63) is 23.9 Å². The predicted octanol–water partition coefficient (Wildman–Crippen LogP) is 1.64. The molecule has 20 heavy (non-hydrogen) atoms. The number of aromatic nitrogens is 1. The smallest absolute Gasteiger partial charge is 0.337 e. The van der Waals surface area contributed by atoms with Gasteiger partial charge in [-0.05, 0) is 37.8 Å². The van der Waals surface area contributed by atoms with Crippen molar-refractivity contribution in [2.24, 2.45) is 5.92 Å². The SMILES string of the molecule is C[C@H](NS(=O)(=O)c1ccc(C(=O)O)cn1)C1CCCC1. The third kappa shape index (κ3) is 3.34. The molecule has 7 heteroatoms. The Morgan fingerprint density at radius 3 is 2.55 bits per heavy atom. The van der Waals surface area contributed by atoms with Crippen molar-refractivity contribution in [3.63, 3.8) is 0 Å². The van der Waals surface area contributed by atoms with Gasteiger partial charge in [0.2, 0.25) is 0 Å². The van der Waals surface area contributed by atoms with Crippen molar-refractivity contribution in [1.82, 2.24) is 9.71 Å². The van der Waals surface area contributed by atoms with Gasteiger partial charge < -0.3 is 5.11 Å². The summed E-state index contributed by atoms with van der Waals surface area (Å²) in [6.07, 6.45) is 5.41. The number of rotatable bonds is 5. The van der Waals surface area contributed by atoms with E-state index in [4.69, 9.17) is 5.11 Å². The first-order valence-electron chi connectivity index (χ1n) is 6.62. The summed E-state index contributed by atoms with van der Waals surface area (Å²) in [4.78, 5) is 14.4. The largest absolute Gasteiger partial charge is 0.478 e. The van der Waals surface area contributed by atoms with Gasteiger partial charge in [-0.3, -0.25) is 0 Å². The van der Waals surface area contributed by atoms with Gasteiger partial charge in [-0.1, -0.05) is 12.8 Å². The summed E-state index contributed by atoms with van der Waals surface area (Å²) < 4.78 is 26.9. The summed E-state index contributed by atoms with van der Waals surface area (Å²) in [6, 6.07) is 2.32. The van der Waals surface area contributed by atoms with Crippen LogP contribution in [0.4, 0.5) is 0 Å². The van der Waals surface area contributed by atoms with Crippen LogP contribution in [0.5, 0.6) is 0 Å². The van der Waals surface area contributed by atoms with Crippen molar-refractivity contribution in [2.45, 2.75) is 43.7 Å². The van der Waals surface area contributed by atoms with E-state index in [1.54, 1.807) is 0 Å². The van der Waals surface area contributed by atoms with Crippen LogP contribution in [0.2, 0.25) is 0 Å². The number of carboxylic acid groups (broad SMARTS) is 1. The molecule has 0 aromatic carbocycles. The average molecular weight is 298 g/mol. The molecule has 0 aliphatic heterocycles. The molecule has 1 atom stereocenters. The molecule has 0 bridgehead atoms. The highest BCUT2D eigenvalue weighted by molar-refractivity contribution is 7.89. The summed E-state index contributed by atoms with van der Waals surface area (Å²) >= 11 is 0. The van der Waals surface area contributed by atoms with Crippen LogP contribution in [0, 0.1) is 5.92 Å². The second-order valence-corrected chi connectivity index (χ2v) is 6.81. The number of hydrogen-bond donors (Lipinski definition) is 2. The van der Waals surface area contributed by atoms with Crippen molar-refractivity contribution in [3.8, 4) is 0 Å². The third-order valence-corrected chi connectivity index (χ3v) is 5.18. The number of carboxylic acids is 1. The Morgan fingerprint density at radius 2 is 2.05 bits per heavy atom. The van der Waals surface area contributed by atoms with Gasteiger partial charge in [-0.2, -0.15) is 0 Å². The maximum absolute atomic E-state index is 12.2. The Labute approximate surface area is 118 Å². The first-order valence-corrected chi connectivity index (χ1v) is 8.10. The van der Waals surface area contributed by atoms with Crippen LogP contribution in [0.1, 0.15) is 43.0 Å². The minimum absolute atomic E-state index is 0.0345. The second-order valence-electron chi connectivity index (χ2n) is 5.14. The van der Waals surface area contributed by atoms with E-state index in [0.717, 1.165) is 31.9 Å². The first kappa shape index (κ1) is 14.9. The van der Waals surface area contributed by atoms with Gasteiger partial charge in [0.1, 0.15) is 0 Å².